The number of halogens is 4. The van der Waals surface area contributed by atoms with E-state index in [0.29, 0.717) is 13.1 Å². The van der Waals surface area contributed by atoms with Crippen LogP contribution in [0, 0.1) is 5.41 Å². The number of hydrogen-bond acceptors (Lipinski definition) is 1. The van der Waals surface area contributed by atoms with E-state index >= 15 is 0 Å². The Morgan fingerprint density at radius 2 is 1.93 bits per heavy atom. The first-order valence-corrected chi connectivity index (χ1v) is 6.38. The van der Waals surface area contributed by atoms with Crippen molar-refractivity contribution in [3.63, 3.8) is 0 Å². The zero-order chi connectivity index (χ0) is 11.5. The molecule has 0 amide bonds. The monoisotopic (exact) mass is 287 g/mol. The van der Waals surface area contributed by atoms with E-state index in [9.17, 15) is 13.2 Å². The lowest BCUT2D eigenvalue weighted by Crippen LogP contribution is -2.39. The van der Waals surface area contributed by atoms with Crippen LogP contribution >= 0.6 is 15.9 Å². The molecule has 1 saturated carbocycles. The van der Waals surface area contributed by atoms with Crippen LogP contribution < -0.4 is 0 Å². The van der Waals surface area contributed by atoms with Crippen LogP contribution in [-0.2, 0) is 0 Å². The van der Waals surface area contributed by atoms with Crippen LogP contribution in [0.2, 0.25) is 0 Å². The van der Waals surface area contributed by atoms with Crippen LogP contribution in [0.15, 0.2) is 0 Å². The first-order valence-electron chi connectivity index (χ1n) is 5.26. The molecule has 0 aromatic carbocycles. The highest BCUT2D eigenvalue weighted by molar-refractivity contribution is 9.09. The van der Waals surface area contributed by atoms with Gasteiger partial charge in [-0.1, -0.05) is 22.9 Å². The smallest absolute Gasteiger partial charge is 0.294 e. The number of nitrogens with zero attached hydrogens (tertiary/aromatic N) is 1. The molecule has 0 atom stereocenters. The van der Waals surface area contributed by atoms with Gasteiger partial charge in [0, 0.05) is 11.9 Å². The van der Waals surface area contributed by atoms with Crippen molar-refractivity contribution in [1.82, 2.24) is 4.90 Å². The van der Waals surface area contributed by atoms with Crippen molar-refractivity contribution in [2.45, 2.75) is 32.4 Å². The molecule has 0 unspecified atom stereocenters. The third kappa shape index (κ3) is 4.72. The number of hydrogen-bond donors (Lipinski definition) is 0. The Hall–Kier alpha value is 0.230. The highest BCUT2D eigenvalue weighted by Crippen LogP contribution is 2.47. The van der Waals surface area contributed by atoms with Gasteiger partial charge in [-0.3, -0.25) is 4.90 Å². The Balaban J connectivity index is 2.43. The summed E-state index contributed by atoms with van der Waals surface area (Å²) in [6.07, 6.45) is -1.20. The molecule has 0 saturated heterocycles. The largest absolute Gasteiger partial charge is 0.401 e. The standard InChI is InChI=1S/C10H17BrF3N/c1-2-5-15(8-10(12,13)14)7-9(6-11)3-4-9/h2-8H2,1H3. The van der Waals surface area contributed by atoms with Gasteiger partial charge >= 0.3 is 6.18 Å². The molecule has 0 heterocycles. The van der Waals surface area contributed by atoms with Gasteiger partial charge in [-0.15, -0.1) is 0 Å². The molecule has 0 spiro atoms. The second-order valence-electron chi connectivity index (χ2n) is 4.46. The Kier molecular flexibility index (Phi) is 4.47. The molecule has 1 nitrogen and oxygen atoms in total. The average Bonchev–Trinajstić information content (AvgIpc) is 2.83. The van der Waals surface area contributed by atoms with E-state index in [4.69, 9.17) is 0 Å². The average molecular weight is 288 g/mol. The zero-order valence-corrected chi connectivity index (χ0v) is 10.5. The van der Waals surface area contributed by atoms with Gasteiger partial charge in [0.25, 0.3) is 0 Å². The van der Waals surface area contributed by atoms with Crippen molar-refractivity contribution in [2.75, 3.05) is 25.0 Å². The van der Waals surface area contributed by atoms with Gasteiger partial charge < -0.3 is 0 Å². The third-order valence-electron chi connectivity index (χ3n) is 2.74. The highest BCUT2D eigenvalue weighted by atomic mass is 79.9. The first kappa shape index (κ1) is 13.3. The molecule has 0 radical (unpaired) electrons. The highest BCUT2D eigenvalue weighted by Gasteiger charge is 2.44. The van der Waals surface area contributed by atoms with Crippen molar-refractivity contribution in [3.05, 3.63) is 0 Å². The lowest BCUT2D eigenvalue weighted by atomic mass is 10.1. The molecule has 1 aliphatic carbocycles. The maximum Gasteiger partial charge on any atom is 0.401 e. The summed E-state index contributed by atoms with van der Waals surface area (Å²) >= 11 is 3.38. The normalized spacial score (nSPS) is 19.6. The van der Waals surface area contributed by atoms with Crippen LogP contribution in [0.1, 0.15) is 26.2 Å². The van der Waals surface area contributed by atoms with E-state index in [-0.39, 0.29) is 5.41 Å². The SMILES string of the molecule is CCCN(CC(F)(F)F)CC1(CBr)CC1. The minimum Gasteiger partial charge on any atom is -0.294 e. The summed E-state index contributed by atoms with van der Waals surface area (Å²) in [5, 5.41) is 0.818. The molecule has 1 fully saturated rings. The maximum atomic E-state index is 12.3. The Labute approximate surface area is 97.1 Å². The molecule has 0 bridgehead atoms. The summed E-state index contributed by atoms with van der Waals surface area (Å²) in [6, 6.07) is 0. The van der Waals surface area contributed by atoms with Gasteiger partial charge in [-0.25, -0.2) is 0 Å². The zero-order valence-electron chi connectivity index (χ0n) is 8.91. The van der Waals surface area contributed by atoms with Crippen LogP contribution in [0.5, 0.6) is 0 Å². The Morgan fingerprint density at radius 1 is 1.33 bits per heavy atom. The molecule has 0 N–H and O–H groups in total. The number of rotatable bonds is 6. The van der Waals surface area contributed by atoms with E-state index in [1.807, 2.05) is 6.92 Å². The fraction of sp³-hybridized carbons (Fsp3) is 1.00. The van der Waals surface area contributed by atoms with E-state index in [1.165, 1.54) is 4.90 Å². The summed E-state index contributed by atoms with van der Waals surface area (Å²) < 4.78 is 36.8. The van der Waals surface area contributed by atoms with E-state index in [2.05, 4.69) is 15.9 Å². The van der Waals surface area contributed by atoms with Crippen molar-refractivity contribution >= 4 is 15.9 Å². The van der Waals surface area contributed by atoms with E-state index in [0.717, 1.165) is 24.6 Å². The fourth-order valence-electron chi connectivity index (χ4n) is 1.77. The molecule has 0 aliphatic heterocycles. The topological polar surface area (TPSA) is 3.24 Å². The van der Waals surface area contributed by atoms with Crippen LogP contribution in [0.25, 0.3) is 0 Å². The van der Waals surface area contributed by atoms with Crippen molar-refractivity contribution < 1.29 is 13.2 Å². The van der Waals surface area contributed by atoms with E-state index in [1.54, 1.807) is 0 Å². The van der Waals surface area contributed by atoms with Gasteiger partial charge in [0.05, 0.1) is 6.54 Å². The maximum absolute atomic E-state index is 12.3. The van der Waals surface area contributed by atoms with E-state index < -0.39 is 12.7 Å². The van der Waals surface area contributed by atoms with Gasteiger partial charge in [-0.2, -0.15) is 13.2 Å². The second-order valence-corrected chi connectivity index (χ2v) is 5.02. The Bertz CT molecular complexity index is 201. The van der Waals surface area contributed by atoms with Crippen LogP contribution in [0.3, 0.4) is 0 Å². The lowest BCUT2D eigenvalue weighted by molar-refractivity contribution is -0.147. The second kappa shape index (κ2) is 5.04. The first-order chi connectivity index (χ1) is 6.91. The van der Waals surface area contributed by atoms with Gasteiger partial charge in [0.15, 0.2) is 0 Å². The predicted octanol–water partition coefficient (Wildman–Crippen LogP) is 3.44. The molecule has 1 rings (SSSR count). The molecule has 15 heavy (non-hydrogen) atoms. The molecule has 1 aliphatic rings. The summed E-state index contributed by atoms with van der Waals surface area (Å²) in [4.78, 5) is 1.54. The summed E-state index contributed by atoms with van der Waals surface area (Å²) in [7, 11) is 0. The molecular formula is C10H17BrF3N. The quantitative estimate of drug-likeness (QED) is 0.677. The Morgan fingerprint density at radius 3 is 2.27 bits per heavy atom. The molecule has 5 heteroatoms. The van der Waals surface area contributed by atoms with Crippen molar-refractivity contribution in [3.8, 4) is 0 Å². The molecular weight excluding hydrogens is 271 g/mol. The molecule has 0 aromatic rings. The third-order valence-corrected chi connectivity index (χ3v) is 3.93. The summed E-state index contributed by atoms with van der Waals surface area (Å²) in [5.74, 6) is 0. The summed E-state index contributed by atoms with van der Waals surface area (Å²) in [5.41, 5.74) is 0.125. The van der Waals surface area contributed by atoms with Crippen LogP contribution in [0.4, 0.5) is 13.2 Å². The van der Waals surface area contributed by atoms with Gasteiger partial charge in [0.1, 0.15) is 0 Å². The van der Waals surface area contributed by atoms with Crippen molar-refractivity contribution in [1.29, 1.82) is 0 Å². The fourth-order valence-corrected chi connectivity index (χ4v) is 2.51. The number of alkyl halides is 4. The molecule has 0 aromatic heterocycles. The minimum atomic E-state index is -4.07. The molecule has 90 valence electrons. The van der Waals surface area contributed by atoms with Crippen LogP contribution in [-0.4, -0.2) is 36.0 Å². The minimum absolute atomic E-state index is 0.125. The van der Waals surface area contributed by atoms with Gasteiger partial charge in [-0.05, 0) is 31.2 Å². The lowest BCUT2D eigenvalue weighted by Gasteiger charge is -2.26. The van der Waals surface area contributed by atoms with Crippen molar-refractivity contribution in [2.24, 2.45) is 5.41 Å². The summed E-state index contributed by atoms with van der Waals surface area (Å²) in [6.45, 7) is 2.26. The van der Waals surface area contributed by atoms with Gasteiger partial charge in [0.2, 0.25) is 0 Å². The predicted molar refractivity (Wildman–Crippen MR) is 58.2 cm³/mol.